The maximum atomic E-state index is 11.0. The van der Waals surface area contributed by atoms with Gasteiger partial charge in [-0.15, -0.1) is 0 Å². The molecule has 0 spiro atoms. The second-order valence-corrected chi connectivity index (χ2v) is 3.42. The fraction of sp³-hybridized carbons (Fsp3) is 0.455. The number of aliphatic hydroxyl groups is 1. The number of nitrogens with zero attached hydrogens (tertiary/aromatic N) is 2. The predicted molar refractivity (Wildman–Crippen MR) is 62.3 cm³/mol. The zero-order valence-corrected chi connectivity index (χ0v) is 9.39. The molecule has 0 unspecified atom stereocenters. The SMILES string of the molecule is CCN(CCCO)c1ccnc(C(N)=O)c1. The van der Waals surface area contributed by atoms with Crippen LogP contribution in [0.3, 0.4) is 0 Å². The van der Waals surface area contributed by atoms with E-state index in [0.29, 0.717) is 6.42 Å². The van der Waals surface area contributed by atoms with Crippen LogP contribution in [0.15, 0.2) is 18.3 Å². The molecule has 1 heterocycles. The highest BCUT2D eigenvalue weighted by atomic mass is 16.3. The Morgan fingerprint density at radius 3 is 2.94 bits per heavy atom. The Balaban J connectivity index is 2.83. The first-order valence-corrected chi connectivity index (χ1v) is 5.30. The summed E-state index contributed by atoms with van der Waals surface area (Å²) in [7, 11) is 0. The largest absolute Gasteiger partial charge is 0.396 e. The number of anilines is 1. The Labute approximate surface area is 94.9 Å². The number of aromatic nitrogens is 1. The second kappa shape index (κ2) is 6.07. The van der Waals surface area contributed by atoms with E-state index in [-0.39, 0.29) is 12.3 Å². The summed E-state index contributed by atoms with van der Waals surface area (Å²) < 4.78 is 0. The Kier molecular flexibility index (Phi) is 4.72. The van der Waals surface area contributed by atoms with Gasteiger partial charge in [-0.3, -0.25) is 9.78 Å². The van der Waals surface area contributed by atoms with Crippen LogP contribution in [0.5, 0.6) is 0 Å². The first kappa shape index (κ1) is 12.4. The molecule has 0 radical (unpaired) electrons. The van der Waals surface area contributed by atoms with Crippen LogP contribution in [-0.4, -0.2) is 35.7 Å². The van der Waals surface area contributed by atoms with Crippen molar-refractivity contribution >= 4 is 11.6 Å². The van der Waals surface area contributed by atoms with E-state index in [1.54, 1.807) is 12.3 Å². The Hall–Kier alpha value is -1.62. The van der Waals surface area contributed by atoms with Crippen molar-refractivity contribution in [2.24, 2.45) is 5.73 Å². The molecule has 0 atom stereocenters. The summed E-state index contributed by atoms with van der Waals surface area (Å²) in [6, 6.07) is 3.50. The third kappa shape index (κ3) is 3.20. The molecule has 1 aromatic heterocycles. The van der Waals surface area contributed by atoms with Crippen molar-refractivity contribution in [1.29, 1.82) is 0 Å². The first-order valence-electron chi connectivity index (χ1n) is 5.30. The summed E-state index contributed by atoms with van der Waals surface area (Å²) in [5, 5.41) is 8.79. The monoisotopic (exact) mass is 223 g/mol. The Morgan fingerprint density at radius 2 is 2.38 bits per heavy atom. The molecule has 88 valence electrons. The van der Waals surface area contributed by atoms with Gasteiger partial charge in [-0.25, -0.2) is 0 Å². The van der Waals surface area contributed by atoms with Crippen molar-refractivity contribution in [3.63, 3.8) is 0 Å². The van der Waals surface area contributed by atoms with Gasteiger partial charge < -0.3 is 15.7 Å². The summed E-state index contributed by atoms with van der Waals surface area (Å²) in [6.45, 7) is 3.73. The number of amides is 1. The molecule has 0 saturated heterocycles. The summed E-state index contributed by atoms with van der Waals surface area (Å²) in [4.78, 5) is 16.9. The molecule has 0 saturated carbocycles. The lowest BCUT2D eigenvalue weighted by Crippen LogP contribution is -2.25. The fourth-order valence-electron chi connectivity index (χ4n) is 1.48. The second-order valence-electron chi connectivity index (χ2n) is 3.42. The maximum absolute atomic E-state index is 11.0. The quantitative estimate of drug-likeness (QED) is 0.731. The lowest BCUT2D eigenvalue weighted by atomic mass is 10.2. The number of hydrogen-bond acceptors (Lipinski definition) is 4. The molecule has 5 heteroatoms. The van der Waals surface area contributed by atoms with Crippen LogP contribution in [0.25, 0.3) is 0 Å². The van der Waals surface area contributed by atoms with Crippen LogP contribution in [0.1, 0.15) is 23.8 Å². The lowest BCUT2D eigenvalue weighted by Gasteiger charge is -2.22. The zero-order valence-electron chi connectivity index (χ0n) is 9.39. The molecular weight excluding hydrogens is 206 g/mol. The zero-order chi connectivity index (χ0) is 12.0. The number of primary amides is 1. The highest BCUT2D eigenvalue weighted by Crippen LogP contribution is 2.14. The van der Waals surface area contributed by atoms with Gasteiger partial charge >= 0.3 is 0 Å². The van der Waals surface area contributed by atoms with E-state index < -0.39 is 5.91 Å². The minimum atomic E-state index is -0.528. The summed E-state index contributed by atoms with van der Waals surface area (Å²) >= 11 is 0. The van der Waals surface area contributed by atoms with Gasteiger partial charge in [0, 0.05) is 31.6 Å². The van der Waals surface area contributed by atoms with Crippen LogP contribution in [0.2, 0.25) is 0 Å². The van der Waals surface area contributed by atoms with E-state index in [2.05, 4.69) is 9.88 Å². The predicted octanol–water partition coefficient (Wildman–Crippen LogP) is 0.389. The third-order valence-electron chi connectivity index (χ3n) is 2.33. The molecule has 1 aromatic rings. The van der Waals surface area contributed by atoms with Gasteiger partial charge in [-0.05, 0) is 25.5 Å². The van der Waals surface area contributed by atoms with E-state index in [9.17, 15) is 4.79 Å². The highest BCUT2D eigenvalue weighted by Gasteiger charge is 2.07. The molecule has 1 amide bonds. The number of carbonyl (C=O) groups excluding carboxylic acids is 1. The van der Waals surface area contributed by atoms with E-state index in [1.807, 2.05) is 13.0 Å². The van der Waals surface area contributed by atoms with Crippen LogP contribution >= 0.6 is 0 Å². The number of aliphatic hydroxyl groups excluding tert-OH is 1. The molecular formula is C11H17N3O2. The normalized spacial score (nSPS) is 10.1. The molecule has 5 nitrogen and oxygen atoms in total. The van der Waals surface area contributed by atoms with E-state index in [0.717, 1.165) is 18.8 Å². The van der Waals surface area contributed by atoms with Gasteiger partial charge in [-0.1, -0.05) is 0 Å². The summed E-state index contributed by atoms with van der Waals surface area (Å²) in [5.41, 5.74) is 6.33. The van der Waals surface area contributed by atoms with Crippen molar-refractivity contribution in [2.75, 3.05) is 24.6 Å². The number of carbonyl (C=O) groups is 1. The van der Waals surface area contributed by atoms with Gasteiger partial charge in [0.15, 0.2) is 0 Å². The highest BCUT2D eigenvalue weighted by molar-refractivity contribution is 5.91. The van der Waals surface area contributed by atoms with Crippen molar-refractivity contribution in [1.82, 2.24) is 4.98 Å². The average molecular weight is 223 g/mol. The van der Waals surface area contributed by atoms with Crippen molar-refractivity contribution in [3.05, 3.63) is 24.0 Å². The van der Waals surface area contributed by atoms with E-state index >= 15 is 0 Å². The minimum Gasteiger partial charge on any atom is -0.396 e. The Bertz CT molecular complexity index is 355. The van der Waals surface area contributed by atoms with Crippen LogP contribution in [-0.2, 0) is 0 Å². The molecule has 0 aliphatic rings. The molecule has 0 fully saturated rings. The third-order valence-corrected chi connectivity index (χ3v) is 2.33. The molecule has 0 aliphatic heterocycles. The van der Waals surface area contributed by atoms with Gasteiger partial charge in [0.1, 0.15) is 5.69 Å². The van der Waals surface area contributed by atoms with Crippen LogP contribution in [0, 0.1) is 0 Å². The number of rotatable bonds is 6. The van der Waals surface area contributed by atoms with E-state index in [4.69, 9.17) is 10.8 Å². The average Bonchev–Trinajstić information content (AvgIpc) is 2.30. The van der Waals surface area contributed by atoms with E-state index in [1.165, 1.54) is 0 Å². The van der Waals surface area contributed by atoms with Crippen LogP contribution in [0.4, 0.5) is 5.69 Å². The first-order chi connectivity index (χ1) is 7.69. The molecule has 16 heavy (non-hydrogen) atoms. The van der Waals surface area contributed by atoms with Crippen molar-refractivity contribution in [2.45, 2.75) is 13.3 Å². The number of pyridine rings is 1. The Morgan fingerprint density at radius 1 is 1.62 bits per heavy atom. The molecule has 3 N–H and O–H groups in total. The molecule has 0 bridgehead atoms. The van der Waals surface area contributed by atoms with Crippen molar-refractivity contribution < 1.29 is 9.90 Å². The smallest absolute Gasteiger partial charge is 0.267 e. The number of hydrogen-bond donors (Lipinski definition) is 2. The summed E-state index contributed by atoms with van der Waals surface area (Å²) in [6.07, 6.45) is 2.26. The summed E-state index contributed by atoms with van der Waals surface area (Å²) in [5.74, 6) is -0.528. The maximum Gasteiger partial charge on any atom is 0.267 e. The van der Waals surface area contributed by atoms with Crippen molar-refractivity contribution in [3.8, 4) is 0 Å². The molecule has 0 aromatic carbocycles. The number of nitrogens with two attached hydrogens (primary N) is 1. The van der Waals surface area contributed by atoms with Crippen LogP contribution < -0.4 is 10.6 Å². The van der Waals surface area contributed by atoms with Gasteiger partial charge in [0.25, 0.3) is 5.91 Å². The topological polar surface area (TPSA) is 79.4 Å². The van der Waals surface area contributed by atoms with Gasteiger partial charge in [0.05, 0.1) is 0 Å². The van der Waals surface area contributed by atoms with Gasteiger partial charge in [-0.2, -0.15) is 0 Å². The fourth-order valence-corrected chi connectivity index (χ4v) is 1.48. The molecule has 0 aliphatic carbocycles. The minimum absolute atomic E-state index is 0.157. The molecule has 1 rings (SSSR count). The lowest BCUT2D eigenvalue weighted by molar-refractivity contribution is 0.0995. The standard InChI is InChI=1S/C11H17N3O2/c1-2-14(6-3-7-15)9-4-5-13-10(8-9)11(12)16/h4-5,8,15H,2-3,6-7H2,1H3,(H2,12,16). The van der Waals surface area contributed by atoms with Gasteiger partial charge in [0.2, 0.25) is 0 Å².